The zero-order valence-electron chi connectivity index (χ0n) is 23.3. The summed E-state index contributed by atoms with van der Waals surface area (Å²) < 4.78 is 23.0. The van der Waals surface area contributed by atoms with E-state index in [-0.39, 0.29) is 5.91 Å². The Morgan fingerprint density at radius 3 is 2.52 bits per heavy atom. The smallest absolute Gasteiger partial charge is 0.251 e. The monoisotopic (exact) mass is 586 g/mol. The van der Waals surface area contributed by atoms with Gasteiger partial charge in [0.25, 0.3) is 5.91 Å². The Hall–Kier alpha value is -2.60. The maximum Gasteiger partial charge on any atom is 0.251 e. The molecule has 1 amide bonds. The van der Waals surface area contributed by atoms with E-state index in [1.807, 2.05) is 43.3 Å². The number of carbonyl (C=O) groups excluding carboxylic acids is 1. The number of anilines is 2. The molecule has 1 aliphatic heterocycles. The van der Waals surface area contributed by atoms with E-state index in [9.17, 15) is 19.0 Å². The molecule has 40 heavy (non-hydrogen) atoms. The van der Waals surface area contributed by atoms with Crippen molar-refractivity contribution in [3.63, 3.8) is 0 Å². The van der Waals surface area contributed by atoms with Crippen LogP contribution >= 0.6 is 22.1 Å². The van der Waals surface area contributed by atoms with Crippen molar-refractivity contribution in [2.75, 3.05) is 35.0 Å². The van der Waals surface area contributed by atoms with Gasteiger partial charge in [-0.05, 0) is 68.5 Å². The number of benzene rings is 2. The van der Waals surface area contributed by atoms with Gasteiger partial charge < -0.3 is 21.1 Å². The number of rotatable bonds is 13. The fraction of sp³-hybridized carbons (Fsp3) is 0.433. The number of aryl methyl sites for hydroxylation is 1. The Morgan fingerprint density at radius 2 is 1.82 bits per heavy atom. The van der Waals surface area contributed by atoms with E-state index >= 15 is 0 Å². The number of nitrogens with zero attached hydrogens (tertiary/aromatic N) is 1. The second-order valence-electron chi connectivity index (χ2n) is 10.1. The zero-order valence-corrected chi connectivity index (χ0v) is 24.9. The Labute approximate surface area is 243 Å². The van der Waals surface area contributed by atoms with Crippen LogP contribution in [-0.4, -0.2) is 57.7 Å². The SMILES string of the molecule is CCNc1cc(C(=O)NC(Cc2ccccc2)C(O)CNCc2ccc(CC)s2)cc(N2CCCCS2(O)O)c1. The lowest BCUT2D eigenvalue weighted by Crippen LogP contribution is -2.48. The van der Waals surface area contributed by atoms with Crippen molar-refractivity contribution >= 4 is 39.4 Å². The van der Waals surface area contributed by atoms with Crippen molar-refractivity contribution in [1.82, 2.24) is 10.6 Å². The van der Waals surface area contributed by atoms with Gasteiger partial charge in [-0.15, -0.1) is 22.1 Å². The fourth-order valence-corrected chi connectivity index (χ4v) is 7.50. The third kappa shape index (κ3) is 8.22. The third-order valence-electron chi connectivity index (χ3n) is 7.03. The highest BCUT2D eigenvalue weighted by Crippen LogP contribution is 2.50. The summed E-state index contributed by atoms with van der Waals surface area (Å²) in [5.41, 5.74) is 2.75. The average Bonchev–Trinajstić information content (AvgIpc) is 3.41. The molecule has 8 nitrogen and oxygen atoms in total. The number of carbonyl (C=O) groups is 1. The van der Waals surface area contributed by atoms with Crippen LogP contribution in [-0.2, 0) is 19.4 Å². The first-order valence-electron chi connectivity index (χ1n) is 14.0. The van der Waals surface area contributed by atoms with Gasteiger partial charge in [0.05, 0.1) is 23.6 Å². The molecule has 1 saturated heterocycles. The molecule has 2 atom stereocenters. The molecular weight excluding hydrogens is 544 g/mol. The van der Waals surface area contributed by atoms with Gasteiger partial charge in [0.2, 0.25) is 0 Å². The summed E-state index contributed by atoms with van der Waals surface area (Å²) in [7, 11) is -2.94. The van der Waals surface area contributed by atoms with Crippen molar-refractivity contribution in [3.8, 4) is 0 Å². The Bertz CT molecular complexity index is 1240. The van der Waals surface area contributed by atoms with E-state index in [4.69, 9.17) is 0 Å². The molecule has 0 radical (unpaired) electrons. The molecule has 1 fully saturated rings. The highest BCUT2D eigenvalue weighted by atomic mass is 32.3. The summed E-state index contributed by atoms with van der Waals surface area (Å²) in [6.45, 7) is 6.27. The quantitative estimate of drug-likeness (QED) is 0.157. The molecule has 0 spiro atoms. The largest absolute Gasteiger partial charge is 0.390 e. The second kappa shape index (κ2) is 14.3. The maximum atomic E-state index is 13.6. The lowest BCUT2D eigenvalue weighted by Gasteiger charge is -2.47. The summed E-state index contributed by atoms with van der Waals surface area (Å²) in [5, 5.41) is 20.9. The Kier molecular flexibility index (Phi) is 10.9. The van der Waals surface area contributed by atoms with Crippen molar-refractivity contribution in [2.45, 2.75) is 58.2 Å². The van der Waals surface area contributed by atoms with Crippen LogP contribution in [0.25, 0.3) is 0 Å². The molecule has 4 rings (SSSR count). The highest BCUT2D eigenvalue weighted by Gasteiger charge is 2.28. The molecule has 2 aromatic carbocycles. The summed E-state index contributed by atoms with van der Waals surface area (Å²) in [5.74, 6) is 0.00380. The molecule has 2 heterocycles. The average molecular weight is 587 g/mol. The van der Waals surface area contributed by atoms with Crippen molar-refractivity contribution in [1.29, 1.82) is 0 Å². The third-order valence-corrected chi connectivity index (χ3v) is 10.2. The number of thiophene rings is 1. The Balaban J connectivity index is 1.52. The van der Waals surface area contributed by atoms with Crippen LogP contribution in [0.3, 0.4) is 0 Å². The molecule has 218 valence electrons. The fourth-order valence-electron chi connectivity index (χ4n) is 4.89. The van der Waals surface area contributed by atoms with E-state index in [0.29, 0.717) is 49.6 Å². The molecule has 2 unspecified atom stereocenters. The number of hydrogen-bond acceptors (Lipinski definition) is 8. The number of amides is 1. The predicted octanol–water partition coefficient (Wildman–Crippen LogP) is 5.50. The lowest BCUT2D eigenvalue weighted by molar-refractivity contribution is 0.0830. The van der Waals surface area contributed by atoms with Gasteiger partial charge >= 0.3 is 0 Å². The van der Waals surface area contributed by atoms with Crippen LogP contribution in [0.2, 0.25) is 0 Å². The van der Waals surface area contributed by atoms with Gasteiger partial charge in [-0.3, -0.25) is 18.2 Å². The number of aliphatic hydroxyl groups excluding tert-OH is 1. The van der Waals surface area contributed by atoms with Crippen molar-refractivity contribution in [2.24, 2.45) is 0 Å². The van der Waals surface area contributed by atoms with Crippen LogP contribution in [0.4, 0.5) is 11.4 Å². The van der Waals surface area contributed by atoms with Gasteiger partial charge in [-0.1, -0.05) is 37.3 Å². The zero-order chi connectivity index (χ0) is 28.5. The first-order valence-corrected chi connectivity index (χ1v) is 16.5. The van der Waals surface area contributed by atoms with E-state index in [1.54, 1.807) is 27.8 Å². The number of hydrogen-bond donors (Lipinski definition) is 6. The summed E-state index contributed by atoms with van der Waals surface area (Å²) in [6, 6.07) is 18.9. The Morgan fingerprint density at radius 1 is 1.05 bits per heavy atom. The van der Waals surface area contributed by atoms with E-state index in [2.05, 4.69) is 35.0 Å². The lowest BCUT2D eigenvalue weighted by atomic mass is 10.00. The minimum absolute atomic E-state index is 0.319. The number of nitrogens with one attached hydrogen (secondary N) is 3. The van der Waals surface area contributed by atoms with E-state index in [0.717, 1.165) is 30.5 Å². The topological polar surface area (TPSA) is 117 Å². The molecule has 1 aromatic heterocycles. The highest BCUT2D eigenvalue weighted by molar-refractivity contribution is 8.25. The molecule has 0 aliphatic carbocycles. The molecule has 3 aromatic rings. The first-order chi connectivity index (χ1) is 19.3. The van der Waals surface area contributed by atoms with Crippen LogP contribution in [0.1, 0.15) is 52.4 Å². The van der Waals surface area contributed by atoms with Crippen LogP contribution in [0.5, 0.6) is 0 Å². The maximum absolute atomic E-state index is 13.6. The molecule has 6 N–H and O–H groups in total. The summed E-state index contributed by atoms with van der Waals surface area (Å²) in [4.78, 5) is 16.2. The molecule has 0 bridgehead atoms. The predicted molar refractivity (Wildman–Crippen MR) is 168 cm³/mol. The second-order valence-corrected chi connectivity index (χ2v) is 13.5. The molecule has 0 saturated carbocycles. The number of aliphatic hydroxyl groups is 1. The summed E-state index contributed by atoms with van der Waals surface area (Å²) >= 11 is 1.76. The van der Waals surface area contributed by atoms with Gasteiger partial charge in [-0.2, -0.15) is 0 Å². The minimum atomic E-state index is -2.94. The first kappa shape index (κ1) is 30.4. The van der Waals surface area contributed by atoms with Crippen molar-refractivity contribution < 1.29 is 19.0 Å². The minimum Gasteiger partial charge on any atom is -0.390 e. The van der Waals surface area contributed by atoms with Crippen LogP contribution < -0.4 is 20.3 Å². The van der Waals surface area contributed by atoms with Crippen molar-refractivity contribution in [3.05, 3.63) is 81.5 Å². The van der Waals surface area contributed by atoms with Gasteiger partial charge in [-0.25, -0.2) is 0 Å². The van der Waals surface area contributed by atoms with Crippen LogP contribution in [0, 0.1) is 0 Å². The van der Waals surface area contributed by atoms with E-state index in [1.165, 1.54) is 9.75 Å². The molecular formula is C30H42N4O4S2. The molecule has 10 heteroatoms. The normalized spacial score (nSPS) is 17.2. The molecule has 1 aliphatic rings. The van der Waals surface area contributed by atoms with Gasteiger partial charge in [0, 0.05) is 47.2 Å². The van der Waals surface area contributed by atoms with Gasteiger partial charge in [0.15, 0.2) is 0 Å². The standard InChI is InChI=1S/C30H42N4O4S2/c1-3-26-12-13-27(39-26)20-31-21-29(35)28(16-22-10-6-5-7-11-22)33-30(36)23-17-24(32-4-2)19-25(18-23)34-14-8-9-15-40(34,37)38/h5-7,10-13,17-19,28-29,31-32,35,37-38H,3-4,8-9,14-16,20-21H2,1-2H3,(H,33,36). The van der Waals surface area contributed by atoms with Crippen LogP contribution in [0.15, 0.2) is 60.7 Å². The summed E-state index contributed by atoms with van der Waals surface area (Å²) in [6.07, 6.45) is 2.28. The van der Waals surface area contributed by atoms with Gasteiger partial charge in [0.1, 0.15) is 0 Å². The van der Waals surface area contributed by atoms with E-state index < -0.39 is 22.9 Å².